The number of thiophene rings is 1. The van der Waals surface area contributed by atoms with Gasteiger partial charge in [-0.2, -0.15) is 0 Å². The lowest BCUT2D eigenvalue weighted by Gasteiger charge is -2.15. The van der Waals surface area contributed by atoms with Crippen LogP contribution in [0.1, 0.15) is 24.6 Å². The van der Waals surface area contributed by atoms with Gasteiger partial charge in [0, 0.05) is 34.0 Å². The zero-order valence-corrected chi connectivity index (χ0v) is 12.4. The van der Waals surface area contributed by atoms with E-state index < -0.39 is 0 Å². The summed E-state index contributed by atoms with van der Waals surface area (Å²) in [7, 11) is 2.02. The smallest absolute Gasteiger partial charge is 0.0480 e. The average Bonchev–Trinajstić information content (AvgIpc) is 2.68. The van der Waals surface area contributed by atoms with Gasteiger partial charge in [-0.25, -0.2) is 0 Å². The molecule has 0 saturated heterocycles. The summed E-state index contributed by atoms with van der Waals surface area (Å²) in [5.41, 5.74) is 0. The lowest BCUT2D eigenvalue weighted by atomic mass is 10.1. The van der Waals surface area contributed by atoms with Crippen molar-refractivity contribution >= 4 is 27.3 Å². The molecular weight excluding hydrogens is 286 g/mol. The van der Waals surface area contributed by atoms with Crippen molar-refractivity contribution < 1.29 is 4.74 Å². The van der Waals surface area contributed by atoms with E-state index in [-0.39, 0.29) is 0 Å². The van der Waals surface area contributed by atoms with E-state index in [9.17, 15) is 0 Å². The van der Waals surface area contributed by atoms with E-state index in [0.717, 1.165) is 32.5 Å². The number of ether oxygens (including phenoxy) is 1. The Bertz CT molecular complexity index is 290. The fourth-order valence-corrected chi connectivity index (χ4v) is 3.06. The van der Waals surface area contributed by atoms with Crippen molar-refractivity contribution in [2.45, 2.75) is 32.2 Å². The summed E-state index contributed by atoms with van der Waals surface area (Å²) in [5, 5.41) is 5.48. The minimum Gasteiger partial charge on any atom is -0.381 e. The van der Waals surface area contributed by atoms with Crippen molar-refractivity contribution in [3.8, 4) is 0 Å². The van der Waals surface area contributed by atoms with Crippen LogP contribution in [0.5, 0.6) is 0 Å². The van der Waals surface area contributed by atoms with Crippen LogP contribution < -0.4 is 5.32 Å². The molecule has 0 aliphatic heterocycles. The van der Waals surface area contributed by atoms with E-state index in [0.29, 0.717) is 6.04 Å². The van der Waals surface area contributed by atoms with Gasteiger partial charge in [0.15, 0.2) is 0 Å². The Kier molecular flexibility index (Phi) is 7.28. The molecule has 16 heavy (non-hydrogen) atoms. The highest BCUT2D eigenvalue weighted by Crippen LogP contribution is 2.21. The molecule has 2 nitrogen and oxygen atoms in total. The third kappa shape index (κ3) is 5.43. The van der Waals surface area contributed by atoms with Gasteiger partial charge in [0.1, 0.15) is 0 Å². The monoisotopic (exact) mass is 305 g/mol. The first-order valence-corrected chi connectivity index (χ1v) is 7.41. The first kappa shape index (κ1) is 14.2. The quantitative estimate of drug-likeness (QED) is 0.743. The molecule has 0 radical (unpaired) electrons. The molecule has 0 aliphatic carbocycles. The van der Waals surface area contributed by atoms with Crippen molar-refractivity contribution in [1.29, 1.82) is 0 Å². The maximum atomic E-state index is 5.51. The highest BCUT2D eigenvalue weighted by Gasteiger charge is 2.08. The van der Waals surface area contributed by atoms with Gasteiger partial charge in [-0.1, -0.05) is 6.92 Å². The Morgan fingerprint density at radius 2 is 2.31 bits per heavy atom. The van der Waals surface area contributed by atoms with E-state index >= 15 is 0 Å². The van der Waals surface area contributed by atoms with Gasteiger partial charge in [0.25, 0.3) is 0 Å². The molecule has 1 aromatic rings. The molecular formula is C12H20BrNOS. The number of hydrogen-bond acceptors (Lipinski definition) is 3. The fourth-order valence-electron chi connectivity index (χ4n) is 1.52. The SMILES string of the molecule is CCCOCCC(Cc1cc(Br)cs1)NC. The maximum absolute atomic E-state index is 5.51. The summed E-state index contributed by atoms with van der Waals surface area (Å²) in [4.78, 5) is 1.42. The lowest BCUT2D eigenvalue weighted by Crippen LogP contribution is -2.28. The molecule has 4 heteroatoms. The molecule has 0 fully saturated rings. The largest absolute Gasteiger partial charge is 0.381 e. The second-order valence-electron chi connectivity index (χ2n) is 3.82. The molecule has 1 N–H and O–H groups in total. The molecule has 0 aromatic carbocycles. The second-order valence-corrected chi connectivity index (χ2v) is 5.73. The van der Waals surface area contributed by atoms with Crippen LogP contribution in [0, 0.1) is 0 Å². The van der Waals surface area contributed by atoms with Crippen LogP contribution in [0.25, 0.3) is 0 Å². The number of halogens is 1. The van der Waals surface area contributed by atoms with Crippen LogP contribution in [-0.4, -0.2) is 26.3 Å². The van der Waals surface area contributed by atoms with Gasteiger partial charge in [0.2, 0.25) is 0 Å². The zero-order chi connectivity index (χ0) is 11.8. The minimum atomic E-state index is 0.516. The summed E-state index contributed by atoms with van der Waals surface area (Å²) in [6.07, 6.45) is 3.26. The summed E-state index contributed by atoms with van der Waals surface area (Å²) in [5.74, 6) is 0. The minimum absolute atomic E-state index is 0.516. The lowest BCUT2D eigenvalue weighted by molar-refractivity contribution is 0.125. The number of nitrogens with one attached hydrogen (secondary N) is 1. The first-order chi connectivity index (χ1) is 7.76. The van der Waals surface area contributed by atoms with E-state index in [2.05, 4.69) is 39.6 Å². The number of hydrogen-bond donors (Lipinski definition) is 1. The highest BCUT2D eigenvalue weighted by atomic mass is 79.9. The number of likely N-dealkylation sites (N-methyl/N-ethyl adjacent to an activating group) is 1. The average molecular weight is 306 g/mol. The van der Waals surface area contributed by atoms with Crippen LogP contribution in [0.4, 0.5) is 0 Å². The third-order valence-electron chi connectivity index (χ3n) is 2.44. The first-order valence-electron chi connectivity index (χ1n) is 5.74. The van der Waals surface area contributed by atoms with Gasteiger partial charge >= 0.3 is 0 Å². The molecule has 0 saturated carbocycles. The second kappa shape index (κ2) is 8.23. The Balaban J connectivity index is 2.26. The Morgan fingerprint density at radius 1 is 1.50 bits per heavy atom. The van der Waals surface area contributed by atoms with Gasteiger partial charge in [-0.05, 0) is 48.3 Å². The molecule has 0 spiro atoms. The van der Waals surface area contributed by atoms with Gasteiger partial charge in [0.05, 0.1) is 0 Å². The number of rotatable bonds is 8. The van der Waals surface area contributed by atoms with Crippen LogP contribution in [0.3, 0.4) is 0 Å². The van der Waals surface area contributed by atoms with Crippen molar-refractivity contribution in [3.63, 3.8) is 0 Å². The summed E-state index contributed by atoms with van der Waals surface area (Å²) in [6, 6.07) is 2.71. The van der Waals surface area contributed by atoms with Crippen LogP contribution in [0.15, 0.2) is 15.9 Å². The fraction of sp³-hybridized carbons (Fsp3) is 0.667. The van der Waals surface area contributed by atoms with Crippen LogP contribution in [-0.2, 0) is 11.2 Å². The third-order valence-corrected chi connectivity index (χ3v) is 4.16. The van der Waals surface area contributed by atoms with E-state index in [1.807, 2.05) is 18.4 Å². The summed E-state index contributed by atoms with van der Waals surface area (Å²) >= 11 is 5.29. The predicted molar refractivity (Wildman–Crippen MR) is 74.3 cm³/mol. The van der Waals surface area contributed by atoms with Gasteiger partial charge in [-0.3, -0.25) is 0 Å². The zero-order valence-electron chi connectivity index (χ0n) is 9.96. The van der Waals surface area contributed by atoms with Crippen LogP contribution >= 0.6 is 27.3 Å². The van der Waals surface area contributed by atoms with Gasteiger partial charge in [-0.15, -0.1) is 11.3 Å². The Morgan fingerprint density at radius 3 is 2.88 bits per heavy atom. The van der Waals surface area contributed by atoms with Crippen molar-refractivity contribution in [3.05, 3.63) is 20.8 Å². The maximum Gasteiger partial charge on any atom is 0.0480 e. The Hall–Kier alpha value is 0.1000. The molecule has 1 atom stereocenters. The standard InChI is InChI=1S/C12H20BrNOS/c1-3-5-15-6-4-11(14-2)8-12-7-10(13)9-16-12/h7,9,11,14H,3-6,8H2,1-2H3. The summed E-state index contributed by atoms with van der Waals surface area (Å²) < 4.78 is 6.70. The molecule has 1 aromatic heterocycles. The topological polar surface area (TPSA) is 21.3 Å². The molecule has 0 bridgehead atoms. The van der Waals surface area contributed by atoms with Crippen molar-refractivity contribution in [2.24, 2.45) is 0 Å². The Labute approximate surface area is 111 Å². The molecule has 1 unspecified atom stereocenters. The molecule has 1 rings (SSSR count). The van der Waals surface area contributed by atoms with Gasteiger partial charge < -0.3 is 10.1 Å². The normalized spacial score (nSPS) is 12.9. The molecule has 0 amide bonds. The molecule has 92 valence electrons. The molecule has 0 aliphatic rings. The van der Waals surface area contributed by atoms with Crippen molar-refractivity contribution in [2.75, 3.05) is 20.3 Å². The highest BCUT2D eigenvalue weighted by molar-refractivity contribution is 9.10. The summed E-state index contributed by atoms with van der Waals surface area (Å²) in [6.45, 7) is 3.87. The molecule has 1 heterocycles. The van der Waals surface area contributed by atoms with Crippen LogP contribution in [0.2, 0.25) is 0 Å². The van der Waals surface area contributed by atoms with E-state index in [1.165, 1.54) is 9.35 Å². The van der Waals surface area contributed by atoms with E-state index in [1.54, 1.807) is 0 Å². The predicted octanol–water partition coefficient (Wildman–Crippen LogP) is 3.46. The van der Waals surface area contributed by atoms with Crippen molar-refractivity contribution in [1.82, 2.24) is 5.32 Å². The van der Waals surface area contributed by atoms with E-state index in [4.69, 9.17) is 4.74 Å².